The Morgan fingerprint density at radius 1 is 1.50 bits per heavy atom. The van der Waals surface area contributed by atoms with Crippen molar-refractivity contribution in [3.8, 4) is 0 Å². The molecule has 0 atom stereocenters. The monoisotopic (exact) mass is 208 g/mol. The molecule has 0 unspecified atom stereocenters. The second kappa shape index (κ2) is 4.45. The van der Waals surface area contributed by atoms with Crippen molar-refractivity contribution in [2.45, 2.75) is 26.3 Å². The SMILES string of the molecule is CCOCc1ccn(CC(F)(F)F)n1. The van der Waals surface area contributed by atoms with Crippen LogP contribution in [0.5, 0.6) is 0 Å². The summed E-state index contributed by atoms with van der Waals surface area (Å²) in [5, 5.41) is 3.70. The quantitative estimate of drug-likeness (QED) is 0.756. The van der Waals surface area contributed by atoms with E-state index in [1.165, 1.54) is 12.3 Å². The van der Waals surface area contributed by atoms with Crippen molar-refractivity contribution in [3.63, 3.8) is 0 Å². The fourth-order valence-corrected chi connectivity index (χ4v) is 0.959. The zero-order chi connectivity index (χ0) is 10.6. The van der Waals surface area contributed by atoms with Gasteiger partial charge in [0.05, 0.1) is 12.3 Å². The lowest BCUT2D eigenvalue weighted by Gasteiger charge is -2.05. The van der Waals surface area contributed by atoms with Crippen LogP contribution in [0.15, 0.2) is 12.3 Å². The maximum atomic E-state index is 11.9. The largest absolute Gasteiger partial charge is 0.408 e. The van der Waals surface area contributed by atoms with Crippen molar-refractivity contribution in [1.82, 2.24) is 9.78 Å². The minimum atomic E-state index is -4.23. The lowest BCUT2D eigenvalue weighted by Crippen LogP contribution is -2.18. The molecular weight excluding hydrogens is 197 g/mol. The molecule has 0 spiro atoms. The second-order valence-corrected chi connectivity index (χ2v) is 2.76. The van der Waals surface area contributed by atoms with E-state index in [1.807, 2.05) is 6.92 Å². The normalized spacial score (nSPS) is 12.0. The van der Waals surface area contributed by atoms with Crippen LogP contribution < -0.4 is 0 Å². The molecule has 0 aliphatic carbocycles. The number of rotatable bonds is 4. The molecule has 0 saturated carbocycles. The molecule has 0 aliphatic heterocycles. The third-order valence-corrected chi connectivity index (χ3v) is 1.49. The van der Waals surface area contributed by atoms with Gasteiger partial charge in [0.15, 0.2) is 0 Å². The van der Waals surface area contributed by atoms with Gasteiger partial charge < -0.3 is 4.74 Å². The molecule has 1 heterocycles. The van der Waals surface area contributed by atoms with Crippen molar-refractivity contribution in [2.75, 3.05) is 6.61 Å². The van der Waals surface area contributed by atoms with Crippen LogP contribution in [-0.4, -0.2) is 22.6 Å². The lowest BCUT2D eigenvalue weighted by atomic mass is 10.5. The van der Waals surface area contributed by atoms with Gasteiger partial charge >= 0.3 is 6.18 Å². The zero-order valence-corrected chi connectivity index (χ0v) is 7.71. The molecule has 80 valence electrons. The maximum Gasteiger partial charge on any atom is 0.408 e. The zero-order valence-electron chi connectivity index (χ0n) is 7.71. The predicted molar refractivity (Wildman–Crippen MR) is 43.6 cm³/mol. The molecule has 1 rings (SSSR count). The van der Waals surface area contributed by atoms with Gasteiger partial charge in [-0.05, 0) is 13.0 Å². The summed E-state index contributed by atoms with van der Waals surface area (Å²) in [6.07, 6.45) is -2.93. The number of ether oxygens (including phenoxy) is 1. The first-order valence-electron chi connectivity index (χ1n) is 4.18. The van der Waals surface area contributed by atoms with Crippen LogP contribution in [0, 0.1) is 0 Å². The number of halogens is 3. The average Bonchev–Trinajstić information content (AvgIpc) is 2.46. The van der Waals surface area contributed by atoms with E-state index >= 15 is 0 Å². The van der Waals surface area contributed by atoms with Gasteiger partial charge in [-0.25, -0.2) is 0 Å². The molecule has 0 N–H and O–H groups in total. The highest BCUT2D eigenvalue weighted by Crippen LogP contribution is 2.16. The highest BCUT2D eigenvalue weighted by Gasteiger charge is 2.28. The van der Waals surface area contributed by atoms with E-state index in [4.69, 9.17) is 4.74 Å². The predicted octanol–water partition coefficient (Wildman–Crippen LogP) is 1.98. The summed E-state index contributed by atoms with van der Waals surface area (Å²) in [5.74, 6) is 0. The maximum absolute atomic E-state index is 11.9. The average molecular weight is 208 g/mol. The van der Waals surface area contributed by atoms with Gasteiger partial charge in [-0.3, -0.25) is 4.68 Å². The number of aromatic nitrogens is 2. The van der Waals surface area contributed by atoms with Crippen LogP contribution in [0.1, 0.15) is 12.6 Å². The van der Waals surface area contributed by atoms with Crippen molar-refractivity contribution >= 4 is 0 Å². The Morgan fingerprint density at radius 3 is 2.79 bits per heavy atom. The molecule has 0 fully saturated rings. The Morgan fingerprint density at radius 2 is 2.21 bits per heavy atom. The van der Waals surface area contributed by atoms with Crippen molar-refractivity contribution < 1.29 is 17.9 Å². The summed E-state index contributed by atoms with van der Waals surface area (Å²) in [4.78, 5) is 0. The molecular formula is C8H11F3N2O. The Kier molecular flexibility index (Phi) is 3.51. The second-order valence-electron chi connectivity index (χ2n) is 2.76. The molecule has 1 aromatic rings. The number of nitrogens with zero attached hydrogens (tertiary/aromatic N) is 2. The minimum Gasteiger partial charge on any atom is -0.375 e. The highest BCUT2D eigenvalue weighted by molar-refractivity contribution is 4.97. The molecule has 0 amide bonds. The molecule has 1 aromatic heterocycles. The molecule has 0 bridgehead atoms. The van der Waals surface area contributed by atoms with E-state index in [0.717, 1.165) is 4.68 Å². The van der Waals surface area contributed by atoms with Crippen LogP contribution >= 0.6 is 0 Å². The molecule has 14 heavy (non-hydrogen) atoms. The summed E-state index contributed by atoms with van der Waals surface area (Å²) < 4.78 is 41.6. The van der Waals surface area contributed by atoms with E-state index < -0.39 is 12.7 Å². The summed E-state index contributed by atoms with van der Waals surface area (Å²) >= 11 is 0. The van der Waals surface area contributed by atoms with Crippen LogP contribution in [0.2, 0.25) is 0 Å². The third-order valence-electron chi connectivity index (χ3n) is 1.49. The molecule has 6 heteroatoms. The van der Waals surface area contributed by atoms with E-state index in [-0.39, 0.29) is 6.61 Å². The van der Waals surface area contributed by atoms with Gasteiger partial charge in [-0.2, -0.15) is 18.3 Å². The van der Waals surface area contributed by atoms with E-state index in [1.54, 1.807) is 0 Å². The van der Waals surface area contributed by atoms with Gasteiger partial charge in [-0.1, -0.05) is 0 Å². The Labute approximate surface area is 79.5 Å². The van der Waals surface area contributed by atoms with Crippen molar-refractivity contribution in [3.05, 3.63) is 18.0 Å². The number of hydrogen-bond acceptors (Lipinski definition) is 2. The van der Waals surface area contributed by atoms with Crippen LogP contribution in [0.4, 0.5) is 13.2 Å². The first-order chi connectivity index (χ1) is 6.51. The fourth-order valence-electron chi connectivity index (χ4n) is 0.959. The molecule has 0 aliphatic rings. The van der Waals surface area contributed by atoms with E-state index in [9.17, 15) is 13.2 Å². The van der Waals surface area contributed by atoms with Crippen molar-refractivity contribution in [1.29, 1.82) is 0 Å². The fraction of sp³-hybridized carbons (Fsp3) is 0.625. The van der Waals surface area contributed by atoms with Crippen LogP contribution in [0.25, 0.3) is 0 Å². The molecule has 0 aromatic carbocycles. The van der Waals surface area contributed by atoms with E-state index in [2.05, 4.69) is 5.10 Å². The van der Waals surface area contributed by atoms with Crippen LogP contribution in [-0.2, 0) is 17.9 Å². The number of alkyl halides is 3. The molecule has 0 saturated heterocycles. The lowest BCUT2D eigenvalue weighted by molar-refractivity contribution is -0.142. The van der Waals surface area contributed by atoms with Crippen LogP contribution in [0.3, 0.4) is 0 Å². The summed E-state index contributed by atoms with van der Waals surface area (Å²) in [6.45, 7) is 1.53. The Hall–Kier alpha value is -1.04. The molecule has 3 nitrogen and oxygen atoms in total. The Bertz CT molecular complexity index is 282. The topological polar surface area (TPSA) is 27.1 Å². The van der Waals surface area contributed by atoms with Gasteiger partial charge in [0, 0.05) is 12.8 Å². The number of hydrogen-bond donors (Lipinski definition) is 0. The smallest absolute Gasteiger partial charge is 0.375 e. The van der Waals surface area contributed by atoms with Crippen molar-refractivity contribution in [2.24, 2.45) is 0 Å². The molecule has 0 radical (unpaired) electrons. The third kappa shape index (κ3) is 3.78. The van der Waals surface area contributed by atoms with Gasteiger partial charge in [0.1, 0.15) is 6.54 Å². The first-order valence-corrected chi connectivity index (χ1v) is 4.18. The van der Waals surface area contributed by atoms with Gasteiger partial charge in [0.25, 0.3) is 0 Å². The summed E-state index contributed by atoms with van der Waals surface area (Å²) in [6, 6.07) is 1.52. The summed E-state index contributed by atoms with van der Waals surface area (Å²) in [5.41, 5.74) is 0.510. The van der Waals surface area contributed by atoms with E-state index in [0.29, 0.717) is 12.3 Å². The first kappa shape index (κ1) is 11.0. The standard InChI is InChI=1S/C8H11F3N2O/c1-2-14-5-7-3-4-13(12-7)6-8(9,10)11/h3-4H,2,5-6H2,1H3. The highest BCUT2D eigenvalue weighted by atomic mass is 19.4. The minimum absolute atomic E-state index is 0.251. The Balaban J connectivity index is 2.51. The summed E-state index contributed by atoms with van der Waals surface area (Å²) in [7, 11) is 0. The van der Waals surface area contributed by atoms with Gasteiger partial charge in [-0.15, -0.1) is 0 Å². The van der Waals surface area contributed by atoms with Gasteiger partial charge in [0.2, 0.25) is 0 Å².